The van der Waals surface area contributed by atoms with E-state index in [2.05, 4.69) is 10.3 Å². The van der Waals surface area contributed by atoms with Crippen LogP contribution in [0.25, 0.3) is 0 Å². The summed E-state index contributed by atoms with van der Waals surface area (Å²) in [5, 5.41) is 3.12. The number of nitrogens with one attached hydrogen (secondary N) is 1. The van der Waals surface area contributed by atoms with Gasteiger partial charge in [0.1, 0.15) is 5.03 Å². The number of carbonyl (C=O) groups excluding carboxylic acids is 3. The number of benzene rings is 1. The van der Waals surface area contributed by atoms with Crippen LogP contribution in [-0.2, 0) is 14.3 Å². The summed E-state index contributed by atoms with van der Waals surface area (Å²) in [6.07, 6.45) is 1.53. The van der Waals surface area contributed by atoms with Crippen LogP contribution in [-0.4, -0.2) is 58.9 Å². The van der Waals surface area contributed by atoms with Gasteiger partial charge in [-0.3, -0.25) is 9.59 Å². The lowest BCUT2D eigenvalue weighted by Gasteiger charge is -2.30. The standard InChI is InChI=1S/C23H27N3O6S/c1-14(2)26(15(3)4)21(28)11-30-23(29)17-6-5-9-24-22(17)33-12-20(27)25-16-7-8-18-19(10-16)32-13-31-18/h5-10,14-15H,11-13H2,1-4H3,(H,25,27). The highest BCUT2D eigenvalue weighted by Crippen LogP contribution is 2.34. The third-order valence-corrected chi connectivity index (χ3v) is 5.72. The normalized spacial score (nSPS) is 12.1. The smallest absolute Gasteiger partial charge is 0.341 e. The van der Waals surface area contributed by atoms with Crippen molar-refractivity contribution in [3.63, 3.8) is 0 Å². The number of hydrogen-bond acceptors (Lipinski definition) is 8. The molecule has 1 aromatic carbocycles. The lowest BCUT2D eigenvalue weighted by atomic mass is 10.2. The summed E-state index contributed by atoms with van der Waals surface area (Å²) in [4.78, 5) is 43.3. The second kappa shape index (κ2) is 11.0. The molecular formula is C23H27N3O6S. The molecule has 0 fully saturated rings. The first-order chi connectivity index (χ1) is 15.8. The Labute approximate surface area is 196 Å². The van der Waals surface area contributed by atoms with Crippen molar-refractivity contribution in [2.75, 3.05) is 24.5 Å². The summed E-state index contributed by atoms with van der Waals surface area (Å²) in [5.41, 5.74) is 0.774. The van der Waals surface area contributed by atoms with Gasteiger partial charge in [-0.2, -0.15) is 0 Å². The van der Waals surface area contributed by atoms with Gasteiger partial charge >= 0.3 is 5.97 Å². The minimum atomic E-state index is -0.664. The number of anilines is 1. The number of amides is 2. The molecule has 1 N–H and O–H groups in total. The molecule has 0 aliphatic carbocycles. The average molecular weight is 474 g/mol. The minimum Gasteiger partial charge on any atom is -0.454 e. The van der Waals surface area contributed by atoms with Crippen molar-refractivity contribution in [1.29, 1.82) is 0 Å². The van der Waals surface area contributed by atoms with Crippen molar-refractivity contribution < 1.29 is 28.6 Å². The van der Waals surface area contributed by atoms with E-state index in [4.69, 9.17) is 14.2 Å². The first-order valence-corrected chi connectivity index (χ1v) is 11.5. The van der Waals surface area contributed by atoms with Crippen LogP contribution in [0.5, 0.6) is 11.5 Å². The van der Waals surface area contributed by atoms with E-state index in [0.717, 1.165) is 11.8 Å². The Morgan fingerprint density at radius 2 is 1.85 bits per heavy atom. The van der Waals surface area contributed by atoms with Gasteiger partial charge in [-0.25, -0.2) is 9.78 Å². The molecule has 0 saturated heterocycles. The van der Waals surface area contributed by atoms with Crippen LogP contribution >= 0.6 is 11.8 Å². The number of pyridine rings is 1. The first kappa shape index (κ1) is 24.4. The van der Waals surface area contributed by atoms with Gasteiger partial charge < -0.3 is 24.4 Å². The van der Waals surface area contributed by atoms with E-state index < -0.39 is 5.97 Å². The maximum absolute atomic E-state index is 12.6. The van der Waals surface area contributed by atoms with Gasteiger partial charge in [-0.05, 0) is 52.0 Å². The molecule has 10 heteroatoms. The number of hydrogen-bond donors (Lipinski definition) is 1. The number of esters is 1. The van der Waals surface area contributed by atoms with Crippen LogP contribution < -0.4 is 14.8 Å². The lowest BCUT2D eigenvalue weighted by Crippen LogP contribution is -2.44. The fraction of sp³-hybridized carbons (Fsp3) is 0.391. The maximum atomic E-state index is 12.6. The quantitative estimate of drug-likeness (QED) is 0.437. The number of carbonyl (C=O) groups is 3. The molecule has 1 aliphatic heterocycles. The third-order valence-electron chi connectivity index (χ3n) is 4.71. The van der Waals surface area contributed by atoms with Gasteiger partial charge in [-0.15, -0.1) is 0 Å². The van der Waals surface area contributed by atoms with Crippen LogP contribution in [0, 0.1) is 0 Å². The second-order valence-corrected chi connectivity index (χ2v) is 8.79. The number of aromatic nitrogens is 1. The Morgan fingerprint density at radius 1 is 1.12 bits per heavy atom. The summed E-state index contributed by atoms with van der Waals surface area (Å²) in [6.45, 7) is 7.42. The number of thioether (sulfide) groups is 1. The molecule has 33 heavy (non-hydrogen) atoms. The fourth-order valence-electron chi connectivity index (χ4n) is 3.42. The van der Waals surface area contributed by atoms with Gasteiger partial charge in [-0.1, -0.05) is 11.8 Å². The highest BCUT2D eigenvalue weighted by atomic mass is 32.2. The van der Waals surface area contributed by atoms with E-state index in [1.165, 1.54) is 6.20 Å². The molecule has 0 bridgehead atoms. The van der Waals surface area contributed by atoms with E-state index in [0.29, 0.717) is 22.2 Å². The Hall–Kier alpha value is -3.27. The zero-order chi connectivity index (χ0) is 24.0. The van der Waals surface area contributed by atoms with E-state index >= 15 is 0 Å². The molecule has 0 unspecified atom stereocenters. The molecule has 3 rings (SSSR count). The van der Waals surface area contributed by atoms with Crippen LogP contribution in [0.15, 0.2) is 41.6 Å². The van der Waals surface area contributed by atoms with Gasteiger partial charge in [0.15, 0.2) is 18.1 Å². The molecule has 0 spiro atoms. The number of ether oxygens (including phenoxy) is 3. The van der Waals surface area contributed by atoms with Crippen molar-refractivity contribution in [3.05, 3.63) is 42.1 Å². The Morgan fingerprint density at radius 3 is 2.58 bits per heavy atom. The largest absolute Gasteiger partial charge is 0.454 e. The van der Waals surface area contributed by atoms with Gasteiger partial charge in [0.05, 0.1) is 11.3 Å². The van der Waals surface area contributed by atoms with Crippen molar-refractivity contribution >= 4 is 35.2 Å². The number of rotatable bonds is 9. The molecule has 176 valence electrons. The topological polar surface area (TPSA) is 107 Å². The van der Waals surface area contributed by atoms with Crippen LogP contribution in [0.1, 0.15) is 38.1 Å². The molecule has 2 heterocycles. The molecule has 2 aromatic rings. The first-order valence-electron chi connectivity index (χ1n) is 10.5. The summed E-state index contributed by atoms with van der Waals surface area (Å²) < 4.78 is 15.8. The number of nitrogens with zero attached hydrogens (tertiary/aromatic N) is 2. The molecular weight excluding hydrogens is 446 g/mol. The van der Waals surface area contributed by atoms with Gasteiger partial charge in [0.2, 0.25) is 12.7 Å². The molecule has 1 aromatic heterocycles. The molecule has 2 amide bonds. The summed E-state index contributed by atoms with van der Waals surface area (Å²) in [6, 6.07) is 8.26. The van der Waals surface area contributed by atoms with E-state index in [-0.39, 0.29) is 48.6 Å². The van der Waals surface area contributed by atoms with E-state index in [1.54, 1.807) is 35.2 Å². The summed E-state index contributed by atoms with van der Waals surface area (Å²) in [5.74, 6) is 0.0143. The third kappa shape index (κ3) is 6.38. The zero-order valence-electron chi connectivity index (χ0n) is 19.0. The summed E-state index contributed by atoms with van der Waals surface area (Å²) >= 11 is 1.10. The highest BCUT2D eigenvalue weighted by molar-refractivity contribution is 8.00. The van der Waals surface area contributed by atoms with Crippen LogP contribution in [0.4, 0.5) is 5.69 Å². The second-order valence-electron chi connectivity index (χ2n) is 7.83. The summed E-state index contributed by atoms with van der Waals surface area (Å²) in [7, 11) is 0. The molecule has 1 aliphatic rings. The molecule has 0 radical (unpaired) electrons. The fourth-order valence-corrected chi connectivity index (χ4v) is 4.20. The zero-order valence-corrected chi connectivity index (χ0v) is 19.8. The minimum absolute atomic E-state index is 0.0102. The van der Waals surface area contributed by atoms with Gasteiger partial charge in [0.25, 0.3) is 5.91 Å². The Bertz CT molecular complexity index is 1020. The predicted molar refractivity (Wildman–Crippen MR) is 124 cm³/mol. The maximum Gasteiger partial charge on any atom is 0.341 e. The van der Waals surface area contributed by atoms with Crippen molar-refractivity contribution in [2.45, 2.75) is 44.8 Å². The van der Waals surface area contributed by atoms with Crippen molar-refractivity contribution in [3.8, 4) is 11.5 Å². The van der Waals surface area contributed by atoms with Crippen LogP contribution in [0.3, 0.4) is 0 Å². The van der Waals surface area contributed by atoms with Gasteiger partial charge in [0, 0.05) is 30.0 Å². The molecule has 9 nitrogen and oxygen atoms in total. The Kier molecular flexibility index (Phi) is 8.16. The molecule has 0 saturated carbocycles. The SMILES string of the molecule is CC(C)N(C(=O)COC(=O)c1cccnc1SCC(=O)Nc1ccc2c(c1)OCO2)C(C)C. The van der Waals surface area contributed by atoms with Crippen LogP contribution in [0.2, 0.25) is 0 Å². The Balaban J connectivity index is 1.56. The van der Waals surface area contributed by atoms with E-state index in [9.17, 15) is 14.4 Å². The number of fused-ring (bicyclic) bond motifs is 1. The lowest BCUT2D eigenvalue weighted by molar-refractivity contribution is -0.138. The van der Waals surface area contributed by atoms with E-state index in [1.807, 2.05) is 27.7 Å². The average Bonchev–Trinajstić information content (AvgIpc) is 3.23. The monoisotopic (exact) mass is 473 g/mol. The highest BCUT2D eigenvalue weighted by Gasteiger charge is 2.23. The van der Waals surface area contributed by atoms with Crippen molar-refractivity contribution in [1.82, 2.24) is 9.88 Å². The van der Waals surface area contributed by atoms with Crippen molar-refractivity contribution in [2.24, 2.45) is 0 Å². The predicted octanol–water partition coefficient (Wildman–Crippen LogP) is 3.34. The molecule has 0 atom stereocenters.